The lowest BCUT2D eigenvalue weighted by Crippen LogP contribution is -2.43. The zero-order chi connectivity index (χ0) is 21.8. The van der Waals surface area contributed by atoms with E-state index in [2.05, 4.69) is 5.32 Å². The number of carbonyl (C=O) groups excluding carboxylic acids is 1. The van der Waals surface area contributed by atoms with Crippen molar-refractivity contribution in [1.82, 2.24) is 5.32 Å². The topological polar surface area (TPSA) is 75.7 Å². The predicted octanol–water partition coefficient (Wildman–Crippen LogP) is 4.01. The fourth-order valence-corrected chi connectivity index (χ4v) is 4.37. The Balaban J connectivity index is 2.48. The molecular weight excluding hydrogens is 412 g/mol. The van der Waals surface area contributed by atoms with Crippen LogP contribution in [0.4, 0.5) is 5.69 Å². The molecule has 0 aliphatic heterocycles. The van der Waals surface area contributed by atoms with Crippen molar-refractivity contribution in [3.63, 3.8) is 0 Å². The lowest BCUT2D eigenvalue weighted by molar-refractivity contribution is -0.120. The Hall–Kier alpha value is -2.25. The summed E-state index contributed by atoms with van der Waals surface area (Å²) in [5, 5.41) is 3.26. The second-order valence-electron chi connectivity index (χ2n) is 7.98. The maximum absolute atomic E-state index is 13.5. The number of nitrogens with zero attached hydrogens (tertiary/aromatic N) is 1. The van der Waals surface area contributed by atoms with Crippen LogP contribution in [-0.2, 0) is 14.8 Å². The number of sulfonamides is 1. The maximum Gasteiger partial charge on any atom is 0.268 e. The Morgan fingerprint density at radius 2 is 1.76 bits per heavy atom. The fraction of sp³-hybridized carbons (Fsp3) is 0.381. The first-order valence-corrected chi connectivity index (χ1v) is 11.0. The van der Waals surface area contributed by atoms with E-state index in [4.69, 9.17) is 16.3 Å². The molecule has 0 spiro atoms. The number of methoxy groups -OCH3 is 1. The lowest BCUT2D eigenvalue weighted by atomic mass is 9.97. The van der Waals surface area contributed by atoms with Crippen molar-refractivity contribution < 1.29 is 17.9 Å². The monoisotopic (exact) mass is 438 g/mol. The Bertz CT molecular complexity index is 967. The first-order chi connectivity index (χ1) is 13.4. The molecule has 0 heterocycles. The molecule has 0 aromatic heterocycles. The number of anilines is 1. The summed E-state index contributed by atoms with van der Waals surface area (Å²) in [4.78, 5) is 12.6. The highest BCUT2D eigenvalue weighted by Gasteiger charge is 2.30. The van der Waals surface area contributed by atoms with E-state index in [1.165, 1.54) is 13.2 Å². The normalized spacial score (nSPS) is 11.8. The molecule has 0 aliphatic carbocycles. The number of nitrogens with one attached hydrogen (secondary N) is 1. The average molecular weight is 439 g/mol. The number of aryl methyl sites for hydroxylation is 1. The van der Waals surface area contributed by atoms with Crippen LogP contribution in [0.1, 0.15) is 26.3 Å². The number of halogens is 1. The number of ether oxygens (including phenoxy) is 1. The van der Waals surface area contributed by atoms with Crippen molar-refractivity contribution in [3.05, 3.63) is 53.1 Å². The third kappa shape index (κ3) is 6.11. The van der Waals surface area contributed by atoms with Crippen LogP contribution < -0.4 is 14.4 Å². The second kappa shape index (κ2) is 9.05. The summed E-state index contributed by atoms with van der Waals surface area (Å²) in [6, 6.07) is 11.2. The molecule has 29 heavy (non-hydrogen) atoms. The number of amides is 1. The fourth-order valence-electron chi connectivity index (χ4n) is 2.58. The smallest absolute Gasteiger partial charge is 0.268 e. The molecule has 1 N–H and O–H groups in total. The van der Waals surface area contributed by atoms with E-state index < -0.39 is 15.9 Å². The van der Waals surface area contributed by atoms with Gasteiger partial charge in [-0.2, -0.15) is 0 Å². The zero-order valence-corrected chi connectivity index (χ0v) is 18.9. The van der Waals surface area contributed by atoms with Gasteiger partial charge >= 0.3 is 0 Å². The van der Waals surface area contributed by atoms with E-state index >= 15 is 0 Å². The molecule has 158 valence electrons. The van der Waals surface area contributed by atoms with Gasteiger partial charge in [-0.3, -0.25) is 9.10 Å². The minimum atomic E-state index is -4.08. The van der Waals surface area contributed by atoms with Gasteiger partial charge in [-0.15, -0.1) is 0 Å². The van der Waals surface area contributed by atoms with Gasteiger partial charge in [-0.25, -0.2) is 8.42 Å². The van der Waals surface area contributed by atoms with E-state index in [-0.39, 0.29) is 22.6 Å². The SMILES string of the molecule is COc1ccc(C)cc1S(=O)(=O)N(CC(=O)NCC(C)(C)C)c1ccc(Cl)cc1. The third-order valence-electron chi connectivity index (χ3n) is 4.10. The van der Waals surface area contributed by atoms with E-state index in [1.807, 2.05) is 20.8 Å². The summed E-state index contributed by atoms with van der Waals surface area (Å²) < 4.78 is 33.4. The molecule has 0 saturated carbocycles. The molecule has 0 unspecified atom stereocenters. The average Bonchev–Trinajstić information content (AvgIpc) is 2.64. The highest BCUT2D eigenvalue weighted by atomic mass is 35.5. The van der Waals surface area contributed by atoms with Gasteiger partial charge in [0.05, 0.1) is 12.8 Å². The molecule has 8 heteroatoms. The van der Waals surface area contributed by atoms with Crippen molar-refractivity contribution in [2.45, 2.75) is 32.6 Å². The van der Waals surface area contributed by atoms with Crippen molar-refractivity contribution >= 4 is 33.2 Å². The molecule has 2 aromatic carbocycles. The van der Waals surface area contributed by atoms with Crippen molar-refractivity contribution in [2.24, 2.45) is 5.41 Å². The molecule has 1 amide bonds. The predicted molar refractivity (Wildman–Crippen MR) is 116 cm³/mol. The first-order valence-electron chi connectivity index (χ1n) is 9.14. The summed E-state index contributed by atoms with van der Waals surface area (Å²) in [5.41, 5.74) is 0.973. The number of hydrogen-bond donors (Lipinski definition) is 1. The van der Waals surface area contributed by atoms with Gasteiger partial charge in [-0.1, -0.05) is 38.4 Å². The maximum atomic E-state index is 13.5. The Morgan fingerprint density at radius 3 is 2.31 bits per heavy atom. The van der Waals surface area contributed by atoms with E-state index in [0.29, 0.717) is 17.3 Å². The highest BCUT2D eigenvalue weighted by molar-refractivity contribution is 7.93. The third-order valence-corrected chi connectivity index (χ3v) is 6.15. The van der Waals surface area contributed by atoms with Gasteiger partial charge in [-0.05, 0) is 54.3 Å². The van der Waals surface area contributed by atoms with E-state index in [0.717, 1.165) is 9.87 Å². The van der Waals surface area contributed by atoms with Crippen LogP contribution in [0.25, 0.3) is 0 Å². The van der Waals surface area contributed by atoms with E-state index in [1.54, 1.807) is 43.3 Å². The van der Waals surface area contributed by atoms with Gasteiger partial charge in [0, 0.05) is 11.6 Å². The van der Waals surface area contributed by atoms with Crippen LogP contribution >= 0.6 is 11.6 Å². The van der Waals surface area contributed by atoms with Crippen LogP contribution in [0.3, 0.4) is 0 Å². The minimum absolute atomic E-state index is 0.00132. The quantitative estimate of drug-likeness (QED) is 0.708. The van der Waals surface area contributed by atoms with Crippen molar-refractivity contribution in [2.75, 3.05) is 24.5 Å². The van der Waals surface area contributed by atoms with Gasteiger partial charge in [0.1, 0.15) is 17.2 Å². The highest BCUT2D eigenvalue weighted by Crippen LogP contribution is 2.31. The van der Waals surface area contributed by atoms with Gasteiger partial charge in [0.15, 0.2) is 0 Å². The van der Waals surface area contributed by atoms with Crippen molar-refractivity contribution in [3.8, 4) is 5.75 Å². The molecule has 2 rings (SSSR count). The van der Waals surface area contributed by atoms with Gasteiger partial charge in [0.2, 0.25) is 5.91 Å². The first kappa shape index (κ1) is 23.0. The molecule has 0 aliphatic rings. The Labute approximate surface area is 177 Å². The number of carbonyl (C=O) groups is 1. The molecule has 0 fully saturated rings. The number of benzene rings is 2. The summed E-state index contributed by atoms with van der Waals surface area (Å²) in [7, 11) is -2.67. The summed E-state index contributed by atoms with van der Waals surface area (Å²) in [6.45, 7) is 7.81. The van der Waals surface area contributed by atoms with Crippen LogP contribution in [0.15, 0.2) is 47.4 Å². The minimum Gasteiger partial charge on any atom is -0.495 e. The Kier molecular flexibility index (Phi) is 7.19. The van der Waals surface area contributed by atoms with Crippen LogP contribution in [0.5, 0.6) is 5.75 Å². The molecule has 0 bridgehead atoms. The second-order valence-corrected chi connectivity index (χ2v) is 10.2. The largest absolute Gasteiger partial charge is 0.495 e. The van der Waals surface area contributed by atoms with Gasteiger partial charge < -0.3 is 10.1 Å². The van der Waals surface area contributed by atoms with Gasteiger partial charge in [0.25, 0.3) is 10.0 Å². The molecule has 0 radical (unpaired) electrons. The molecule has 2 aromatic rings. The number of hydrogen-bond acceptors (Lipinski definition) is 4. The molecular formula is C21H27ClN2O4S. The molecule has 0 atom stereocenters. The summed E-state index contributed by atoms with van der Waals surface area (Å²) in [5.74, 6) is -0.185. The summed E-state index contributed by atoms with van der Waals surface area (Å²) in [6.07, 6.45) is 0. The summed E-state index contributed by atoms with van der Waals surface area (Å²) >= 11 is 5.95. The standard InChI is InChI=1S/C21H27ClN2O4S/c1-15-6-11-18(28-5)19(12-15)29(26,27)24(17-9-7-16(22)8-10-17)13-20(25)23-14-21(2,3)4/h6-12H,13-14H2,1-5H3,(H,23,25). The lowest BCUT2D eigenvalue weighted by Gasteiger charge is -2.26. The zero-order valence-electron chi connectivity index (χ0n) is 17.3. The number of rotatable bonds is 7. The van der Waals surface area contributed by atoms with E-state index in [9.17, 15) is 13.2 Å². The van der Waals surface area contributed by atoms with Crippen molar-refractivity contribution in [1.29, 1.82) is 0 Å². The Morgan fingerprint density at radius 1 is 1.14 bits per heavy atom. The van der Waals surface area contributed by atoms with Crippen LogP contribution in [0, 0.1) is 12.3 Å². The van der Waals surface area contributed by atoms with Crippen LogP contribution in [-0.4, -0.2) is 34.5 Å². The van der Waals surface area contributed by atoms with Crippen LogP contribution in [0.2, 0.25) is 5.02 Å². The molecule has 6 nitrogen and oxygen atoms in total. The molecule has 0 saturated heterocycles.